The largest absolute Gasteiger partial charge is 0.384 e. The van der Waals surface area contributed by atoms with E-state index >= 15 is 0 Å². The van der Waals surface area contributed by atoms with Crippen molar-refractivity contribution >= 4 is 11.8 Å². The van der Waals surface area contributed by atoms with Gasteiger partial charge in [-0.3, -0.25) is 0 Å². The Kier molecular flexibility index (Phi) is 5.11. The lowest BCUT2D eigenvalue weighted by molar-refractivity contribution is 0.657. The molecule has 0 aliphatic heterocycles. The van der Waals surface area contributed by atoms with Crippen LogP contribution < -0.4 is 16.8 Å². The highest BCUT2D eigenvalue weighted by atomic mass is 15.2. The Labute approximate surface area is 125 Å². The van der Waals surface area contributed by atoms with Crippen LogP contribution in [0.1, 0.15) is 24.0 Å². The molecule has 3 rings (SSSR count). The molecule has 1 aromatic carbocycles. The molecule has 1 atom stereocenters. The Morgan fingerprint density at radius 2 is 1.86 bits per heavy atom. The van der Waals surface area contributed by atoms with Gasteiger partial charge in [-0.25, -0.2) is 4.98 Å². The second-order valence-corrected chi connectivity index (χ2v) is 5.47. The minimum absolute atomic E-state index is 0.0400. The van der Waals surface area contributed by atoms with E-state index in [2.05, 4.69) is 53.4 Å². The van der Waals surface area contributed by atoms with E-state index in [0.29, 0.717) is 17.7 Å². The second kappa shape index (κ2) is 7.04. The lowest BCUT2D eigenvalue weighted by Gasteiger charge is -2.11. The van der Waals surface area contributed by atoms with Crippen LogP contribution in [0, 0.1) is 19.8 Å². The molecule has 1 aliphatic carbocycles. The highest BCUT2D eigenvalue weighted by Gasteiger charge is 2.28. The molecule has 5 heteroatoms. The molecule has 0 radical (unpaired) electrons. The van der Waals surface area contributed by atoms with E-state index in [1.807, 2.05) is 0 Å². The van der Waals surface area contributed by atoms with Crippen LogP contribution in [-0.4, -0.2) is 16.1 Å². The average Bonchev–Trinajstić information content (AvgIpc) is 3.23. The van der Waals surface area contributed by atoms with Gasteiger partial charge >= 0.3 is 0 Å². The first-order chi connectivity index (χ1) is 10.0. The van der Waals surface area contributed by atoms with Crippen molar-refractivity contribution in [1.29, 1.82) is 0 Å². The minimum atomic E-state index is -0.0400. The van der Waals surface area contributed by atoms with Crippen molar-refractivity contribution in [2.75, 3.05) is 11.1 Å². The van der Waals surface area contributed by atoms with Crippen molar-refractivity contribution in [1.82, 2.24) is 9.97 Å². The van der Waals surface area contributed by atoms with Gasteiger partial charge in [0.15, 0.2) is 0 Å². The maximum absolute atomic E-state index is 5.83. The zero-order valence-electron chi connectivity index (χ0n) is 12.6. The molecule has 1 saturated carbocycles. The van der Waals surface area contributed by atoms with Gasteiger partial charge in [-0.1, -0.05) is 35.4 Å². The molecule has 0 bridgehead atoms. The fourth-order valence-corrected chi connectivity index (χ4v) is 1.97. The predicted octanol–water partition coefficient (Wildman–Crippen LogP) is 2.47. The van der Waals surface area contributed by atoms with Gasteiger partial charge in [0, 0.05) is 6.20 Å². The predicted molar refractivity (Wildman–Crippen MR) is 86.7 cm³/mol. The molecule has 21 heavy (non-hydrogen) atoms. The molecule has 112 valence electrons. The highest BCUT2D eigenvalue weighted by Crippen LogP contribution is 2.31. The highest BCUT2D eigenvalue weighted by molar-refractivity contribution is 5.35. The Hall–Kier alpha value is -2.14. The molecule has 1 heterocycles. The number of nitrogen functional groups attached to an aromatic ring is 1. The van der Waals surface area contributed by atoms with Crippen LogP contribution in [0.5, 0.6) is 0 Å². The van der Waals surface area contributed by atoms with Gasteiger partial charge in [0.1, 0.15) is 5.82 Å². The summed E-state index contributed by atoms with van der Waals surface area (Å²) in [6.45, 7) is 4.21. The van der Waals surface area contributed by atoms with Crippen molar-refractivity contribution in [2.45, 2.75) is 32.9 Å². The fourth-order valence-electron chi connectivity index (χ4n) is 1.97. The number of nitrogens with one attached hydrogen (secondary N) is 1. The van der Waals surface area contributed by atoms with Crippen LogP contribution in [0.2, 0.25) is 0 Å². The molecule has 1 unspecified atom stereocenters. The molecule has 2 aromatic rings. The first-order valence-corrected chi connectivity index (χ1v) is 7.18. The molecule has 1 aliphatic rings. The number of nitrogens with zero attached hydrogens (tertiary/aromatic N) is 2. The summed E-state index contributed by atoms with van der Waals surface area (Å²) in [7, 11) is 0. The number of aromatic nitrogens is 2. The summed E-state index contributed by atoms with van der Waals surface area (Å²) in [5.74, 6) is 1.55. The standard InChI is InChI=1S/C8H13N5.C8H10/c9-6-3-4-11-8(12-6)13-7(10)5-1-2-5;1-7-4-3-5-8(2)6-7/h3-5,7H,1-2,10H2,(H3,9,11,12,13);3-6H,1-2H3. The summed E-state index contributed by atoms with van der Waals surface area (Å²) in [5, 5.41) is 3.02. The van der Waals surface area contributed by atoms with E-state index in [0.717, 1.165) is 0 Å². The first kappa shape index (κ1) is 15.3. The van der Waals surface area contributed by atoms with Gasteiger partial charge in [-0.15, -0.1) is 0 Å². The van der Waals surface area contributed by atoms with Gasteiger partial charge in [0.2, 0.25) is 5.95 Å². The molecule has 0 amide bonds. The zero-order valence-corrected chi connectivity index (χ0v) is 12.6. The smallest absolute Gasteiger partial charge is 0.225 e. The van der Waals surface area contributed by atoms with E-state index in [1.165, 1.54) is 24.0 Å². The first-order valence-electron chi connectivity index (χ1n) is 7.18. The fraction of sp³-hybridized carbons (Fsp3) is 0.375. The van der Waals surface area contributed by atoms with Crippen LogP contribution >= 0.6 is 0 Å². The lowest BCUT2D eigenvalue weighted by Crippen LogP contribution is -2.32. The van der Waals surface area contributed by atoms with Gasteiger partial charge in [0.25, 0.3) is 0 Å². The normalized spacial score (nSPS) is 14.8. The third-order valence-electron chi connectivity index (χ3n) is 3.28. The average molecular weight is 285 g/mol. The van der Waals surface area contributed by atoms with Gasteiger partial charge in [-0.05, 0) is 38.7 Å². The molecule has 0 spiro atoms. The topological polar surface area (TPSA) is 89.8 Å². The number of benzene rings is 1. The van der Waals surface area contributed by atoms with Crippen LogP contribution in [-0.2, 0) is 0 Å². The third-order valence-corrected chi connectivity index (χ3v) is 3.28. The Morgan fingerprint density at radius 3 is 2.33 bits per heavy atom. The molecular weight excluding hydrogens is 262 g/mol. The molecule has 5 N–H and O–H groups in total. The van der Waals surface area contributed by atoms with Crippen molar-refractivity contribution in [2.24, 2.45) is 11.7 Å². The third kappa shape index (κ3) is 5.39. The van der Waals surface area contributed by atoms with Crippen LogP contribution in [0.15, 0.2) is 36.5 Å². The summed E-state index contributed by atoms with van der Waals surface area (Å²) < 4.78 is 0. The Bertz CT molecular complexity index is 563. The van der Waals surface area contributed by atoms with E-state index in [-0.39, 0.29) is 6.17 Å². The maximum Gasteiger partial charge on any atom is 0.225 e. The lowest BCUT2D eigenvalue weighted by atomic mass is 10.2. The van der Waals surface area contributed by atoms with E-state index in [4.69, 9.17) is 11.5 Å². The quantitative estimate of drug-likeness (QED) is 0.754. The summed E-state index contributed by atoms with van der Waals surface area (Å²) in [5.41, 5.74) is 14.0. The van der Waals surface area contributed by atoms with Crippen LogP contribution in [0.4, 0.5) is 11.8 Å². The number of anilines is 2. The van der Waals surface area contributed by atoms with E-state index in [9.17, 15) is 0 Å². The second-order valence-electron chi connectivity index (χ2n) is 5.47. The Morgan fingerprint density at radius 1 is 1.19 bits per heavy atom. The van der Waals surface area contributed by atoms with Crippen molar-refractivity contribution in [3.8, 4) is 0 Å². The maximum atomic E-state index is 5.83. The number of aryl methyl sites for hydroxylation is 2. The Balaban J connectivity index is 0.000000173. The number of rotatable bonds is 3. The van der Waals surface area contributed by atoms with E-state index in [1.54, 1.807) is 12.3 Å². The van der Waals surface area contributed by atoms with Crippen molar-refractivity contribution in [3.63, 3.8) is 0 Å². The van der Waals surface area contributed by atoms with Gasteiger partial charge in [0.05, 0.1) is 6.17 Å². The number of nitrogens with two attached hydrogens (primary N) is 2. The monoisotopic (exact) mass is 285 g/mol. The summed E-state index contributed by atoms with van der Waals surface area (Å²) in [6, 6.07) is 10.1. The zero-order chi connectivity index (χ0) is 15.2. The number of hydrogen-bond donors (Lipinski definition) is 3. The van der Waals surface area contributed by atoms with E-state index < -0.39 is 0 Å². The molecule has 1 aromatic heterocycles. The van der Waals surface area contributed by atoms with Gasteiger partial charge < -0.3 is 16.8 Å². The number of hydrogen-bond acceptors (Lipinski definition) is 5. The van der Waals surface area contributed by atoms with Crippen molar-refractivity contribution < 1.29 is 0 Å². The molecule has 5 nitrogen and oxygen atoms in total. The molecular formula is C16H23N5. The SMILES string of the molecule is Cc1cccc(C)c1.Nc1ccnc(NC(N)C2CC2)n1. The summed E-state index contributed by atoms with van der Waals surface area (Å²) in [4.78, 5) is 8.01. The minimum Gasteiger partial charge on any atom is -0.384 e. The summed E-state index contributed by atoms with van der Waals surface area (Å²) in [6.07, 6.45) is 3.96. The van der Waals surface area contributed by atoms with Crippen LogP contribution in [0.25, 0.3) is 0 Å². The molecule has 1 fully saturated rings. The van der Waals surface area contributed by atoms with Gasteiger partial charge in [-0.2, -0.15) is 4.98 Å². The molecule has 0 saturated heterocycles. The van der Waals surface area contributed by atoms with Crippen molar-refractivity contribution in [3.05, 3.63) is 47.7 Å². The van der Waals surface area contributed by atoms with Crippen LogP contribution in [0.3, 0.4) is 0 Å². The summed E-state index contributed by atoms with van der Waals surface area (Å²) >= 11 is 0.